The van der Waals surface area contributed by atoms with E-state index < -0.39 is 0 Å². The first kappa shape index (κ1) is 18.4. The van der Waals surface area contributed by atoms with Gasteiger partial charge in [0.05, 0.1) is 5.71 Å². The van der Waals surface area contributed by atoms with Crippen LogP contribution in [0.5, 0.6) is 0 Å². The monoisotopic (exact) mass is 337 g/mol. The van der Waals surface area contributed by atoms with E-state index in [1.54, 1.807) is 24.3 Å². The maximum atomic E-state index is 12.2. The number of carbonyl (C=O) groups excluding carboxylic acids is 2. The molecule has 0 unspecified atom stereocenters. The molecular weight excluding hydrogens is 314 g/mol. The van der Waals surface area contributed by atoms with Gasteiger partial charge in [0, 0.05) is 17.2 Å². The molecule has 0 aromatic heterocycles. The van der Waals surface area contributed by atoms with Crippen LogP contribution in [0, 0.1) is 12.8 Å². The Morgan fingerprint density at radius 1 is 0.920 bits per heavy atom. The maximum absolute atomic E-state index is 12.2. The second-order valence-electron chi connectivity index (χ2n) is 6.23. The van der Waals surface area contributed by atoms with Gasteiger partial charge < -0.3 is 5.32 Å². The molecule has 0 radical (unpaired) electrons. The number of aryl methyl sites for hydroxylation is 1. The molecule has 2 aromatic rings. The minimum Gasteiger partial charge on any atom is -0.326 e. The molecule has 0 atom stereocenters. The summed E-state index contributed by atoms with van der Waals surface area (Å²) in [5, 5.41) is 6.93. The van der Waals surface area contributed by atoms with Gasteiger partial charge in [0.25, 0.3) is 5.91 Å². The van der Waals surface area contributed by atoms with Crippen molar-refractivity contribution in [3.63, 3.8) is 0 Å². The van der Waals surface area contributed by atoms with E-state index in [0.29, 0.717) is 11.3 Å². The molecule has 2 amide bonds. The van der Waals surface area contributed by atoms with Gasteiger partial charge in [-0.2, -0.15) is 5.10 Å². The molecule has 2 N–H and O–H groups in total. The zero-order valence-electron chi connectivity index (χ0n) is 15.0. The van der Waals surface area contributed by atoms with E-state index in [0.717, 1.165) is 11.3 Å². The Morgan fingerprint density at radius 2 is 1.48 bits per heavy atom. The third-order valence-electron chi connectivity index (χ3n) is 3.73. The Hall–Kier alpha value is -2.95. The SMILES string of the molecule is CC(=NNC(=O)c1ccc(NC(=O)C(C)C)cc1)c1ccc(C)cc1. The number of hydrogen-bond donors (Lipinski definition) is 2. The molecular formula is C20H23N3O2. The van der Waals surface area contributed by atoms with Crippen molar-refractivity contribution >= 4 is 23.2 Å². The Balaban J connectivity index is 1.99. The van der Waals surface area contributed by atoms with E-state index in [4.69, 9.17) is 0 Å². The van der Waals surface area contributed by atoms with Gasteiger partial charge in [-0.1, -0.05) is 43.7 Å². The molecule has 0 bridgehead atoms. The van der Waals surface area contributed by atoms with E-state index >= 15 is 0 Å². The molecule has 25 heavy (non-hydrogen) atoms. The first-order valence-electron chi connectivity index (χ1n) is 8.19. The highest BCUT2D eigenvalue weighted by molar-refractivity contribution is 6.01. The molecule has 0 saturated carbocycles. The van der Waals surface area contributed by atoms with Crippen molar-refractivity contribution in [3.8, 4) is 0 Å². The normalized spacial score (nSPS) is 11.3. The predicted molar refractivity (Wildman–Crippen MR) is 101 cm³/mol. The molecule has 5 heteroatoms. The number of amides is 2. The van der Waals surface area contributed by atoms with Crippen LogP contribution in [0.1, 0.15) is 42.3 Å². The van der Waals surface area contributed by atoms with Crippen molar-refractivity contribution in [2.45, 2.75) is 27.7 Å². The molecule has 2 rings (SSSR count). The summed E-state index contributed by atoms with van der Waals surface area (Å²) in [7, 11) is 0. The van der Waals surface area contributed by atoms with Crippen LogP contribution in [0.25, 0.3) is 0 Å². The zero-order valence-corrected chi connectivity index (χ0v) is 15.0. The van der Waals surface area contributed by atoms with Gasteiger partial charge in [0.1, 0.15) is 0 Å². The molecule has 0 aliphatic heterocycles. The lowest BCUT2D eigenvalue weighted by Crippen LogP contribution is -2.20. The fourth-order valence-electron chi connectivity index (χ4n) is 2.05. The minimum atomic E-state index is -0.298. The summed E-state index contributed by atoms with van der Waals surface area (Å²) in [5.74, 6) is -0.453. The quantitative estimate of drug-likeness (QED) is 0.644. The highest BCUT2D eigenvalue weighted by atomic mass is 16.2. The number of rotatable bonds is 5. The highest BCUT2D eigenvalue weighted by Crippen LogP contribution is 2.11. The third-order valence-corrected chi connectivity index (χ3v) is 3.73. The van der Waals surface area contributed by atoms with Gasteiger partial charge in [-0.25, -0.2) is 5.43 Å². The number of hydrogen-bond acceptors (Lipinski definition) is 3. The van der Waals surface area contributed by atoms with Crippen molar-refractivity contribution in [3.05, 3.63) is 65.2 Å². The largest absolute Gasteiger partial charge is 0.326 e. The number of nitrogens with zero attached hydrogens (tertiary/aromatic N) is 1. The minimum absolute atomic E-state index is 0.0597. The summed E-state index contributed by atoms with van der Waals surface area (Å²) in [6, 6.07) is 14.6. The number of carbonyl (C=O) groups is 2. The fraction of sp³-hybridized carbons (Fsp3) is 0.250. The second kappa shape index (κ2) is 8.24. The van der Waals surface area contributed by atoms with Crippen LogP contribution in [0.15, 0.2) is 53.6 Å². The first-order chi connectivity index (χ1) is 11.9. The third kappa shape index (κ3) is 5.28. The van der Waals surface area contributed by atoms with Crippen molar-refractivity contribution in [2.24, 2.45) is 11.0 Å². The Kier molecular flexibility index (Phi) is 6.06. The van der Waals surface area contributed by atoms with E-state index in [2.05, 4.69) is 15.8 Å². The van der Waals surface area contributed by atoms with Crippen LogP contribution in [-0.2, 0) is 4.79 Å². The van der Waals surface area contributed by atoms with Crippen molar-refractivity contribution in [1.29, 1.82) is 0 Å². The van der Waals surface area contributed by atoms with Gasteiger partial charge in [-0.05, 0) is 43.7 Å². The summed E-state index contributed by atoms with van der Waals surface area (Å²) >= 11 is 0. The summed E-state index contributed by atoms with van der Waals surface area (Å²) in [6.07, 6.45) is 0. The molecule has 0 aliphatic carbocycles. The van der Waals surface area contributed by atoms with Crippen molar-refractivity contribution in [2.75, 3.05) is 5.32 Å². The average molecular weight is 337 g/mol. The first-order valence-corrected chi connectivity index (χ1v) is 8.19. The Labute approximate surface area is 148 Å². The van der Waals surface area contributed by atoms with Gasteiger partial charge >= 0.3 is 0 Å². The lowest BCUT2D eigenvalue weighted by molar-refractivity contribution is -0.118. The van der Waals surface area contributed by atoms with E-state index in [-0.39, 0.29) is 17.7 Å². The standard InChI is InChI=1S/C20H23N3O2/c1-13(2)19(24)21-18-11-9-17(10-12-18)20(25)23-22-15(4)16-7-5-14(3)6-8-16/h5-13H,1-4H3,(H,21,24)(H,23,25). The average Bonchev–Trinajstić information content (AvgIpc) is 2.60. The highest BCUT2D eigenvalue weighted by Gasteiger charge is 2.09. The summed E-state index contributed by atoms with van der Waals surface area (Å²) in [6.45, 7) is 7.51. The second-order valence-corrected chi connectivity index (χ2v) is 6.23. The van der Waals surface area contributed by atoms with Gasteiger partial charge in [0.15, 0.2) is 0 Å². The summed E-state index contributed by atoms with van der Waals surface area (Å²) in [5.41, 5.74) is 6.55. The lowest BCUT2D eigenvalue weighted by Gasteiger charge is -2.08. The van der Waals surface area contributed by atoms with Crippen LogP contribution >= 0.6 is 0 Å². The molecule has 2 aromatic carbocycles. The number of hydrazone groups is 1. The van der Waals surface area contributed by atoms with E-state index in [1.165, 1.54) is 5.56 Å². The number of anilines is 1. The maximum Gasteiger partial charge on any atom is 0.271 e. The van der Waals surface area contributed by atoms with Crippen LogP contribution < -0.4 is 10.7 Å². The van der Waals surface area contributed by atoms with Crippen molar-refractivity contribution in [1.82, 2.24) is 5.43 Å². The van der Waals surface area contributed by atoms with Crippen LogP contribution in [0.2, 0.25) is 0 Å². The van der Waals surface area contributed by atoms with Gasteiger partial charge in [0.2, 0.25) is 5.91 Å². The smallest absolute Gasteiger partial charge is 0.271 e. The summed E-state index contributed by atoms with van der Waals surface area (Å²) in [4.78, 5) is 23.8. The molecule has 0 fully saturated rings. The molecule has 0 aliphatic rings. The fourth-order valence-corrected chi connectivity index (χ4v) is 2.05. The van der Waals surface area contributed by atoms with Crippen molar-refractivity contribution < 1.29 is 9.59 Å². The lowest BCUT2D eigenvalue weighted by atomic mass is 10.1. The molecule has 0 saturated heterocycles. The molecule has 0 heterocycles. The zero-order chi connectivity index (χ0) is 18.4. The van der Waals surface area contributed by atoms with Gasteiger partial charge in [-0.3, -0.25) is 9.59 Å². The molecule has 5 nitrogen and oxygen atoms in total. The topological polar surface area (TPSA) is 70.6 Å². The molecule has 130 valence electrons. The Bertz CT molecular complexity index is 776. The summed E-state index contributed by atoms with van der Waals surface area (Å²) < 4.78 is 0. The van der Waals surface area contributed by atoms with E-state index in [1.807, 2.05) is 52.0 Å². The van der Waals surface area contributed by atoms with Crippen LogP contribution in [0.3, 0.4) is 0 Å². The molecule has 0 spiro atoms. The van der Waals surface area contributed by atoms with Crippen LogP contribution in [0.4, 0.5) is 5.69 Å². The van der Waals surface area contributed by atoms with Gasteiger partial charge in [-0.15, -0.1) is 0 Å². The number of nitrogens with one attached hydrogen (secondary N) is 2. The van der Waals surface area contributed by atoms with Crippen LogP contribution in [-0.4, -0.2) is 17.5 Å². The number of benzene rings is 2. The predicted octanol–water partition coefficient (Wildman–Crippen LogP) is 3.74. The Morgan fingerprint density at radius 3 is 2.04 bits per heavy atom. The van der Waals surface area contributed by atoms with E-state index in [9.17, 15) is 9.59 Å².